The predicted octanol–water partition coefficient (Wildman–Crippen LogP) is 1.79. The number of nitrogens with two attached hydrogens (primary N) is 1. The Bertz CT molecular complexity index is 422. The third-order valence-corrected chi connectivity index (χ3v) is 2.29. The van der Waals surface area contributed by atoms with E-state index in [1.807, 2.05) is 6.07 Å². The number of aryl methyl sites for hydroxylation is 1. The van der Waals surface area contributed by atoms with Crippen LogP contribution < -0.4 is 5.73 Å². The molecule has 3 nitrogen and oxygen atoms in total. The molecular formula is C10H14ClN3. The maximum absolute atomic E-state index is 5.55. The molecule has 0 aromatic carbocycles. The van der Waals surface area contributed by atoms with Gasteiger partial charge >= 0.3 is 0 Å². The van der Waals surface area contributed by atoms with Crippen LogP contribution >= 0.6 is 12.4 Å². The number of halogens is 1. The number of fused-ring (bicyclic) bond motifs is 1. The number of aromatic nitrogens is 2. The lowest BCUT2D eigenvalue weighted by molar-refractivity contribution is 0.963. The average molecular weight is 212 g/mol. The summed E-state index contributed by atoms with van der Waals surface area (Å²) in [7, 11) is 0. The minimum Gasteiger partial charge on any atom is -0.343 e. The first-order valence-electron chi connectivity index (χ1n) is 4.45. The summed E-state index contributed by atoms with van der Waals surface area (Å²) in [6, 6.07) is 4.03. The molecule has 0 unspecified atom stereocenters. The SMILES string of the molecule is Cc1[nH]c2ncccc2c1CCN.Cl. The Morgan fingerprint density at radius 1 is 1.50 bits per heavy atom. The van der Waals surface area contributed by atoms with Crippen molar-refractivity contribution in [3.8, 4) is 0 Å². The van der Waals surface area contributed by atoms with E-state index < -0.39 is 0 Å². The summed E-state index contributed by atoms with van der Waals surface area (Å²) in [5, 5.41) is 1.20. The smallest absolute Gasteiger partial charge is 0.137 e. The van der Waals surface area contributed by atoms with Crippen molar-refractivity contribution in [3.05, 3.63) is 29.6 Å². The second-order valence-electron chi connectivity index (χ2n) is 3.17. The summed E-state index contributed by atoms with van der Waals surface area (Å²) < 4.78 is 0. The molecule has 0 saturated heterocycles. The number of nitrogens with zero attached hydrogens (tertiary/aromatic N) is 1. The van der Waals surface area contributed by atoms with Gasteiger partial charge in [0, 0.05) is 17.3 Å². The molecule has 2 heterocycles. The Kier molecular flexibility index (Phi) is 3.49. The monoisotopic (exact) mass is 211 g/mol. The highest BCUT2D eigenvalue weighted by molar-refractivity contribution is 5.85. The van der Waals surface area contributed by atoms with E-state index in [0.29, 0.717) is 6.54 Å². The van der Waals surface area contributed by atoms with Gasteiger partial charge < -0.3 is 10.7 Å². The van der Waals surface area contributed by atoms with E-state index >= 15 is 0 Å². The van der Waals surface area contributed by atoms with Gasteiger partial charge in [0.05, 0.1) is 0 Å². The van der Waals surface area contributed by atoms with Crippen LogP contribution in [0.1, 0.15) is 11.3 Å². The molecule has 3 N–H and O–H groups in total. The second-order valence-corrected chi connectivity index (χ2v) is 3.17. The van der Waals surface area contributed by atoms with E-state index in [0.717, 1.165) is 12.1 Å². The molecule has 76 valence electrons. The first-order chi connectivity index (χ1) is 6.33. The fraction of sp³-hybridized carbons (Fsp3) is 0.300. The van der Waals surface area contributed by atoms with Crippen molar-refractivity contribution in [2.45, 2.75) is 13.3 Å². The van der Waals surface area contributed by atoms with Gasteiger partial charge in [-0.3, -0.25) is 0 Å². The number of pyridine rings is 1. The molecule has 4 heteroatoms. The first-order valence-corrected chi connectivity index (χ1v) is 4.45. The van der Waals surface area contributed by atoms with Crippen molar-refractivity contribution < 1.29 is 0 Å². The van der Waals surface area contributed by atoms with Gasteiger partial charge in [0.25, 0.3) is 0 Å². The maximum Gasteiger partial charge on any atom is 0.137 e. The number of hydrogen-bond acceptors (Lipinski definition) is 2. The van der Waals surface area contributed by atoms with Gasteiger partial charge in [-0.1, -0.05) is 0 Å². The van der Waals surface area contributed by atoms with Crippen molar-refractivity contribution in [1.82, 2.24) is 9.97 Å². The molecule has 0 amide bonds. The maximum atomic E-state index is 5.55. The zero-order chi connectivity index (χ0) is 9.26. The molecule has 14 heavy (non-hydrogen) atoms. The summed E-state index contributed by atoms with van der Waals surface area (Å²) in [5.41, 5.74) is 8.98. The Morgan fingerprint density at radius 2 is 2.29 bits per heavy atom. The summed E-state index contributed by atoms with van der Waals surface area (Å²) in [6.45, 7) is 2.75. The van der Waals surface area contributed by atoms with Gasteiger partial charge in [0.1, 0.15) is 5.65 Å². The molecule has 2 aromatic rings. The van der Waals surface area contributed by atoms with Gasteiger partial charge in [-0.2, -0.15) is 0 Å². The molecule has 2 rings (SSSR count). The molecule has 0 atom stereocenters. The molecule has 0 radical (unpaired) electrons. The zero-order valence-corrected chi connectivity index (χ0v) is 8.90. The van der Waals surface area contributed by atoms with E-state index in [1.165, 1.54) is 16.6 Å². The summed E-state index contributed by atoms with van der Waals surface area (Å²) >= 11 is 0. The minimum atomic E-state index is 0. The highest BCUT2D eigenvalue weighted by Gasteiger charge is 2.06. The molecule has 0 bridgehead atoms. The first kappa shape index (κ1) is 11.0. The van der Waals surface area contributed by atoms with Crippen LogP contribution in [-0.4, -0.2) is 16.5 Å². The zero-order valence-electron chi connectivity index (χ0n) is 8.08. The fourth-order valence-electron chi connectivity index (χ4n) is 1.67. The van der Waals surface area contributed by atoms with Crippen molar-refractivity contribution in [3.63, 3.8) is 0 Å². The van der Waals surface area contributed by atoms with Crippen LogP contribution in [0.5, 0.6) is 0 Å². The van der Waals surface area contributed by atoms with Gasteiger partial charge in [-0.15, -0.1) is 12.4 Å². The lowest BCUT2D eigenvalue weighted by Crippen LogP contribution is -2.03. The number of aromatic amines is 1. The molecular weight excluding hydrogens is 198 g/mol. The fourth-order valence-corrected chi connectivity index (χ4v) is 1.67. The predicted molar refractivity (Wildman–Crippen MR) is 60.8 cm³/mol. The van der Waals surface area contributed by atoms with Crippen LogP contribution in [0.2, 0.25) is 0 Å². The Labute approximate surface area is 89.1 Å². The third-order valence-electron chi connectivity index (χ3n) is 2.29. The highest BCUT2D eigenvalue weighted by Crippen LogP contribution is 2.19. The standard InChI is InChI=1S/C10H13N3.ClH/c1-7-8(4-5-11)9-3-2-6-12-10(9)13-7;/h2-3,6H,4-5,11H2,1H3,(H,12,13);1H. The molecule has 0 fully saturated rings. The van der Waals surface area contributed by atoms with E-state index in [1.54, 1.807) is 6.20 Å². The Morgan fingerprint density at radius 3 is 3.00 bits per heavy atom. The Hall–Kier alpha value is -1.06. The largest absolute Gasteiger partial charge is 0.343 e. The van der Waals surface area contributed by atoms with Crippen LogP contribution in [0.25, 0.3) is 11.0 Å². The minimum absolute atomic E-state index is 0. The number of rotatable bonds is 2. The van der Waals surface area contributed by atoms with Crippen molar-refractivity contribution in [2.24, 2.45) is 5.73 Å². The number of H-pyrrole nitrogens is 1. The molecule has 0 aliphatic carbocycles. The van der Waals surface area contributed by atoms with E-state index in [4.69, 9.17) is 5.73 Å². The van der Waals surface area contributed by atoms with Gasteiger partial charge in [-0.25, -0.2) is 4.98 Å². The number of nitrogens with one attached hydrogen (secondary N) is 1. The van der Waals surface area contributed by atoms with Crippen molar-refractivity contribution in [1.29, 1.82) is 0 Å². The van der Waals surface area contributed by atoms with Crippen LogP contribution in [0, 0.1) is 6.92 Å². The average Bonchev–Trinajstić information content (AvgIpc) is 2.44. The summed E-state index contributed by atoms with van der Waals surface area (Å²) in [5.74, 6) is 0. The molecule has 0 spiro atoms. The van der Waals surface area contributed by atoms with Crippen LogP contribution in [-0.2, 0) is 6.42 Å². The molecule has 0 aliphatic heterocycles. The van der Waals surface area contributed by atoms with E-state index in [2.05, 4.69) is 23.0 Å². The second kappa shape index (κ2) is 4.44. The topological polar surface area (TPSA) is 54.7 Å². The van der Waals surface area contributed by atoms with Gasteiger partial charge in [0.2, 0.25) is 0 Å². The van der Waals surface area contributed by atoms with E-state index in [-0.39, 0.29) is 12.4 Å². The third kappa shape index (κ3) is 1.74. The molecule has 2 aromatic heterocycles. The summed E-state index contributed by atoms with van der Waals surface area (Å²) in [4.78, 5) is 7.49. The van der Waals surface area contributed by atoms with Gasteiger partial charge in [0.15, 0.2) is 0 Å². The lowest BCUT2D eigenvalue weighted by Gasteiger charge is -1.96. The highest BCUT2D eigenvalue weighted by atomic mass is 35.5. The van der Waals surface area contributed by atoms with Crippen LogP contribution in [0.4, 0.5) is 0 Å². The van der Waals surface area contributed by atoms with Crippen molar-refractivity contribution in [2.75, 3.05) is 6.54 Å². The van der Waals surface area contributed by atoms with Crippen molar-refractivity contribution >= 4 is 23.4 Å². The van der Waals surface area contributed by atoms with Crippen LogP contribution in [0.3, 0.4) is 0 Å². The quantitative estimate of drug-likeness (QED) is 0.796. The number of hydrogen-bond donors (Lipinski definition) is 2. The van der Waals surface area contributed by atoms with Crippen LogP contribution in [0.15, 0.2) is 18.3 Å². The molecule has 0 aliphatic rings. The lowest BCUT2D eigenvalue weighted by atomic mass is 10.1. The van der Waals surface area contributed by atoms with E-state index in [9.17, 15) is 0 Å². The van der Waals surface area contributed by atoms with Gasteiger partial charge in [-0.05, 0) is 37.6 Å². The normalized spacial score (nSPS) is 10.1. The Balaban J connectivity index is 0.000000980. The molecule has 0 saturated carbocycles. The summed E-state index contributed by atoms with van der Waals surface area (Å²) in [6.07, 6.45) is 2.71.